The summed E-state index contributed by atoms with van der Waals surface area (Å²) < 4.78 is 1.72. The van der Waals surface area contributed by atoms with Crippen LogP contribution in [0.5, 0.6) is 5.75 Å². The SMILES string of the molecule is C[C@H](NC(=O)C1CCCN1)c1ccc(-c2ccn(C)n2)cc1O. The number of phenolic OH excluding ortho intramolecular Hbond substituents is 1. The zero-order valence-corrected chi connectivity index (χ0v) is 13.4. The minimum absolute atomic E-state index is 0.0109. The monoisotopic (exact) mass is 314 g/mol. The molecule has 0 radical (unpaired) electrons. The van der Waals surface area contributed by atoms with Crippen LogP contribution in [0.1, 0.15) is 31.4 Å². The minimum atomic E-state index is -0.248. The van der Waals surface area contributed by atoms with E-state index < -0.39 is 0 Å². The number of hydrogen-bond donors (Lipinski definition) is 3. The van der Waals surface area contributed by atoms with E-state index in [2.05, 4.69) is 15.7 Å². The fourth-order valence-electron chi connectivity index (χ4n) is 2.94. The van der Waals surface area contributed by atoms with Gasteiger partial charge in [-0.15, -0.1) is 0 Å². The van der Waals surface area contributed by atoms with Crippen molar-refractivity contribution in [2.24, 2.45) is 7.05 Å². The number of benzene rings is 1. The van der Waals surface area contributed by atoms with E-state index in [0.717, 1.165) is 30.6 Å². The largest absolute Gasteiger partial charge is 0.508 e. The Labute approximate surface area is 135 Å². The third-order valence-corrected chi connectivity index (χ3v) is 4.24. The van der Waals surface area contributed by atoms with Gasteiger partial charge in [0.1, 0.15) is 5.75 Å². The van der Waals surface area contributed by atoms with Gasteiger partial charge in [0.25, 0.3) is 0 Å². The Hall–Kier alpha value is -2.34. The summed E-state index contributed by atoms with van der Waals surface area (Å²) in [5.41, 5.74) is 2.36. The molecule has 0 aliphatic carbocycles. The highest BCUT2D eigenvalue weighted by Gasteiger charge is 2.24. The smallest absolute Gasteiger partial charge is 0.237 e. The van der Waals surface area contributed by atoms with Crippen LogP contribution in [0.3, 0.4) is 0 Å². The first-order chi connectivity index (χ1) is 11.0. The van der Waals surface area contributed by atoms with Crippen LogP contribution < -0.4 is 10.6 Å². The average molecular weight is 314 g/mol. The topological polar surface area (TPSA) is 79.2 Å². The predicted molar refractivity (Wildman–Crippen MR) is 87.9 cm³/mol. The highest BCUT2D eigenvalue weighted by atomic mass is 16.3. The van der Waals surface area contributed by atoms with Gasteiger partial charge in [-0.1, -0.05) is 12.1 Å². The molecule has 122 valence electrons. The Bertz CT molecular complexity index is 704. The molecule has 1 fully saturated rings. The molecule has 1 unspecified atom stereocenters. The molecule has 1 amide bonds. The molecule has 1 aliphatic heterocycles. The normalized spacial score (nSPS) is 18.8. The number of aromatic nitrogens is 2. The molecule has 1 saturated heterocycles. The van der Waals surface area contributed by atoms with Crippen molar-refractivity contribution in [2.45, 2.75) is 31.8 Å². The quantitative estimate of drug-likeness (QED) is 0.803. The molecule has 1 aliphatic rings. The molecule has 3 rings (SSSR count). The van der Waals surface area contributed by atoms with Crippen molar-refractivity contribution in [3.63, 3.8) is 0 Å². The standard InChI is InChI=1S/C17H22N4O2/c1-11(19-17(23)15-4-3-8-18-15)13-6-5-12(10-16(13)22)14-7-9-21(2)20-14/h5-7,9-11,15,18,22H,3-4,8H2,1-2H3,(H,19,23)/t11-,15?/m0/s1. The molecule has 6 heteroatoms. The second kappa shape index (κ2) is 6.42. The molecule has 2 atom stereocenters. The fraction of sp³-hybridized carbons (Fsp3) is 0.412. The van der Waals surface area contributed by atoms with Crippen LogP contribution in [0, 0.1) is 0 Å². The van der Waals surface area contributed by atoms with Crippen LogP contribution in [0.2, 0.25) is 0 Å². The van der Waals surface area contributed by atoms with E-state index in [9.17, 15) is 9.90 Å². The number of nitrogens with one attached hydrogen (secondary N) is 2. The van der Waals surface area contributed by atoms with Crippen LogP contribution >= 0.6 is 0 Å². The molecule has 6 nitrogen and oxygen atoms in total. The molecule has 1 aromatic carbocycles. The maximum Gasteiger partial charge on any atom is 0.237 e. The van der Waals surface area contributed by atoms with Crippen molar-refractivity contribution in [3.05, 3.63) is 36.0 Å². The van der Waals surface area contributed by atoms with Crippen LogP contribution in [0.25, 0.3) is 11.3 Å². The van der Waals surface area contributed by atoms with E-state index in [0.29, 0.717) is 5.56 Å². The summed E-state index contributed by atoms with van der Waals surface area (Å²) in [4.78, 5) is 12.2. The molecule has 0 saturated carbocycles. The number of aryl methyl sites for hydroxylation is 1. The van der Waals surface area contributed by atoms with Crippen molar-refractivity contribution in [1.82, 2.24) is 20.4 Å². The Balaban J connectivity index is 1.73. The molecule has 3 N–H and O–H groups in total. The van der Waals surface area contributed by atoms with E-state index in [1.165, 1.54) is 0 Å². The Kier molecular flexibility index (Phi) is 4.34. The summed E-state index contributed by atoms with van der Waals surface area (Å²) in [5, 5.41) is 20.8. The highest BCUT2D eigenvalue weighted by Crippen LogP contribution is 2.29. The van der Waals surface area contributed by atoms with Gasteiger partial charge in [-0.2, -0.15) is 5.10 Å². The zero-order chi connectivity index (χ0) is 16.4. The van der Waals surface area contributed by atoms with Crippen LogP contribution in [-0.4, -0.2) is 33.4 Å². The minimum Gasteiger partial charge on any atom is -0.508 e. The molecule has 0 spiro atoms. The number of carbonyl (C=O) groups excluding carboxylic acids is 1. The van der Waals surface area contributed by atoms with E-state index in [1.54, 1.807) is 10.7 Å². The van der Waals surface area contributed by atoms with E-state index in [1.807, 2.05) is 38.4 Å². The summed E-state index contributed by atoms with van der Waals surface area (Å²) in [6.07, 6.45) is 3.75. The second-order valence-corrected chi connectivity index (χ2v) is 6.03. The summed E-state index contributed by atoms with van der Waals surface area (Å²) in [5.74, 6) is 0.156. The number of rotatable bonds is 4. The number of aromatic hydroxyl groups is 1. The van der Waals surface area contributed by atoms with Crippen molar-refractivity contribution < 1.29 is 9.90 Å². The lowest BCUT2D eigenvalue weighted by atomic mass is 10.0. The first-order valence-corrected chi connectivity index (χ1v) is 7.91. The third-order valence-electron chi connectivity index (χ3n) is 4.24. The summed E-state index contributed by atoms with van der Waals surface area (Å²) in [7, 11) is 1.85. The molecule has 23 heavy (non-hydrogen) atoms. The predicted octanol–water partition coefficient (Wildman–Crippen LogP) is 1.72. The van der Waals surface area contributed by atoms with Gasteiger partial charge in [-0.25, -0.2) is 0 Å². The van der Waals surface area contributed by atoms with E-state index in [4.69, 9.17) is 0 Å². The molecule has 2 heterocycles. The first kappa shape index (κ1) is 15.6. The highest BCUT2D eigenvalue weighted by molar-refractivity contribution is 5.82. The van der Waals surface area contributed by atoms with Gasteiger partial charge in [0.15, 0.2) is 0 Å². The van der Waals surface area contributed by atoms with E-state index >= 15 is 0 Å². The molecule has 0 bridgehead atoms. The molecule has 1 aromatic heterocycles. The molecule has 2 aromatic rings. The molecular formula is C17H22N4O2. The lowest BCUT2D eigenvalue weighted by molar-refractivity contribution is -0.123. The van der Waals surface area contributed by atoms with Gasteiger partial charge in [-0.05, 0) is 38.4 Å². The second-order valence-electron chi connectivity index (χ2n) is 6.03. The number of hydrogen-bond acceptors (Lipinski definition) is 4. The van der Waals surface area contributed by atoms with Gasteiger partial charge in [-0.3, -0.25) is 9.48 Å². The summed E-state index contributed by atoms with van der Waals surface area (Å²) in [6.45, 7) is 2.76. The lowest BCUT2D eigenvalue weighted by Crippen LogP contribution is -2.41. The Morgan fingerprint density at radius 3 is 2.91 bits per heavy atom. The Morgan fingerprint density at radius 1 is 1.48 bits per heavy atom. The summed E-state index contributed by atoms with van der Waals surface area (Å²) >= 11 is 0. The number of nitrogens with zero attached hydrogens (tertiary/aromatic N) is 2. The van der Waals surface area contributed by atoms with Gasteiger partial charge in [0.2, 0.25) is 5.91 Å². The number of amides is 1. The maximum absolute atomic E-state index is 12.2. The van der Waals surface area contributed by atoms with Gasteiger partial charge in [0, 0.05) is 24.4 Å². The van der Waals surface area contributed by atoms with Crippen molar-refractivity contribution in [1.29, 1.82) is 0 Å². The van der Waals surface area contributed by atoms with Crippen LogP contribution in [0.4, 0.5) is 0 Å². The van der Waals surface area contributed by atoms with Crippen molar-refractivity contribution >= 4 is 5.91 Å². The van der Waals surface area contributed by atoms with Crippen LogP contribution in [0.15, 0.2) is 30.5 Å². The Morgan fingerprint density at radius 2 is 2.30 bits per heavy atom. The number of phenols is 1. The van der Waals surface area contributed by atoms with Crippen molar-refractivity contribution in [2.75, 3.05) is 6.54 Å². The average Bonchev–Trinajstić information content (AvgIpc) is 3.18. The van der Waals surface area contributed by atoms with Gasteiger partial charge >= 0.3 is 0 Å². The molecular weight excluding hydrogens is 292 g/mol. The van der Waals surface area contributed by atoms with Gasteiger partial charge in [0.05, 0.1) is 17.8 Å². The third kappa shape index (κ3) is 3.37. The fourth-order valence-corrected chi connectivity index (χ4v) is 2.94. The van der Waals surface area contributed by atoms with E-state index in [-0.39, 0.29) is 23.7 Å². The van der Waals surface area contributed by atoms with Gasteiger partial charge < -0.3 is 15.7 Å². The van der Waals surface area contributed by atoms with Crippen molar-refractivity contribution in [3.8, 4) is 17.0 Å². The summed E-state index contributed by atoms with van der Waals surface area (Å²) in [6, 6.07) is 6.97. The maximum atomic E-state index is 12.2. The number of carbonyl (C=O) groups is 1. The zero-order valence-electron chi connectivity index (χ0n) is 13.4. The lowest BCUT2D eigenvalue weighted by Gasteiger charge is -2.19. The van der Waals surface area contributed by atoms with Crippen LogP contribution in [-0.2, 0) is 11.8 Å². The first-order valence-electron chi connectivity index (χ1n) is 7.91.